The molecule has 1 aliphatic carbocycles. The van der Waals surface area contributed by atoms with Gasteiger partial charge in [-0.05, 0) is 49.6 Å². The summed E-state index contributed by atoms with van der Waals surface area (Å²) >= 11 is 0. The molecule has 0 spiro atoms. The average molecular weight is 522 g/mol. The number of pyridine rings is 1. The van der Waals surface area contributed by atoms with Gasteiger partial charge in [0.15, 0.2) is 17.5 Å². The van der Waals surface area contributed by atoms with Crippen LogP contribution in [0.25, 0.3) is 0 Å². The van der Waals surface area contributed by atoms with Crippen molar-refractivity contribution in [3.63, 3.8) is 0 Å². The van der Waals surface area contributed by atoms with Crippen molar-refractivity contribution < 1.29 is 9.47 Å². The van der Waals surface area contributed by atoms with Crippen molar-refractivity contribution in [3.05, 3.63) is 53.9 Å². The number of nitrogens with one attached hydrogen (secondary N) is 2. The Bertz CT molecular complexity index is 838. The summed E-state index contributed by atoms with van der Waals surface area (Å²) in [5.74, 6) is 2.56. The third-order valence-corrected chi connectivity index (χ3v) is 5.78. The van der Waals surface area contributed by atoms with Crippen LogP contribution in [0.15, 0.2) is 47.6 Å². The highest BCUT2D eigenvalue weighted by atomic mass is 127. The van der Waals surface area contributed by atoms with Crippen molar-refractivity contribution in [1.29, 1.82) is 0 Å². The Labute approximate surface area is 195 Å². The van der Waals surface area contributed by atoms with Crippen LogP contribution >= 0.6 is 24.0 Å². The lowest BCUT2D eigenvalue weighted by Gasteiger charge is -2.32. The van der Waals surface area contributed by atoms with E-state index in [-0.39, 0.29) is 29.4 Å². The van der Waals surface area contributed by atoms with Gasteiger partial charge in [-0.3, -0.25) is 4.98 Å². The highest BCUT2D eigenvalue weighted by Gasteiger charge is 2.36. The molecular formula is C23H31IN4O2. The molecule has 7 heteroatoms. The molecule has 1 saturated carbocycles. The monoisotopic (exact) mass is 522 g/mol. The molecule has 0 radical (unpaired) electrons. The molecule has 0 saturated heterocycles. The zero-order chi connectivity index (χ0) is 19.9. The van der Waals surface area contributed by atoms with Gasteiger partial charge in [0, 0.05) is 24.7 Å². The van der Waals surface area contributed by atoms with Gasteiger partial charge in [-0.15, -0.1) is 24.0 Å². The zero-order valence-corrected chi connectivity index (χ0v) is 19.9. The molecule has 162 valence electrons. The molecule has 6 nitrogen and oxygen atoms in total. The van der Waals surface area contributed by atoms with Gasteiger partial charge in [0.2, 0.25) is 0 Å². The van der Waals surface area contributed by atoms with Crippen LogP contribution in [0, 0.1) is 0 Å². The summed E-state index contributed by atoms with van der Waals surface area (Å²) in [7, 11) is 0. The molecule has 30 heavy (non-hydrogen) atoms. The fourth-order valence-corrected chi connectivity index (χ4v) is 4.24. The number of aliphatic imine (C=N–C) groups is 1. The zero-order valence-electron chi connectivity index (χ0n) is 17.5. The topological polar surface area (TPSA) is 67.8 Å². The molecule has 1 fully saturated rings. The molecule has 4 rings (SSSR count). The minimum Gasteiger partial charge on any atom is -0.486 e. The molecule has 1 aliphatic heterocycles. The fourth-order valence-electron chi connectivity index (χ4n) is 4.24. The van der Waals surface area contributed by atoms with Crippen molar-refractivity contribution >= 4 is 29.9 Å². The number of nitrogens with zero attached hydrogens (tertiary/aromatic N) is 2. The normalized spacial score (nSPS) is 17.2. The molecular weight excluding hydrogens is 491 g/mol. The van der Waals surface area contributed by atoms with Crippen molar-refractivity contribution in [2.75, 3.05) is 26.3 Å². The van der Waals surface area contributed by atoms with E-state index in [1.165, 1.54) is 31.2 Å². The number of halogens is 1. The molecule has 0 amide bonds. The minimum absolute atomic E-state index is 0. The summed E-state index contributed by atoms with van der Waals surface area (Å²) < 4.78 is 11.5. The van der Waals surface area contributed by atoms with E-state index in [9.17, 15) is 0 Å². The van der Waals surface area contributed by atoms with Crippen LogP contribution in [-0.2, 0) is 12.0 Å². The van der Waals surface area contributed by atoms with Crippen molar-refractivity contribution in [2.45, 2.75) is 44.6 Å². The Balaban J connectivity index is 0.00000256. The molecule has 0 bridgehead atoms. The van der Waals surface area contributed by atoms with E-state index < -0.39 is 0 Å². The molecule has 2 N–H and O–H groups in total. The first-order valence-corrected chi connectivity index (χ1v) is 10.6. The van der Waals surface area contributed by atoms with E-state index in [4.69, 9.17) is 14.5 Å². The van der Waals surface area contributed by atoms with Gasteiger partial charge >= 0.3 is 0 Å². The van der Waals surface area contributed by atoms with E-state index in [1.807, 2.05) is 18.2 Å². The Morgan fingerprint density at radius 2 is 1.87 bits per heavy atom. The van der Waals surface area contributed by atoms with Crippen molar-refractivity contribution in [2.24, 2.45) is 4.99 Å². The Morgan fingerprint density at radius 3 is 2.60 bits per heavy atom. The predicted octanol–water partition coefficient (Wildman–Crippen LogP) is 4.04. The molecule has 0 unspecified atom stereocenters. The van der Waals surface area contributed by atoms with Gasteiger partial charge in [-0.1, -0.05) is 25.0 Å². The standard InChI is InChI=1S/C23H30N4O2.HI/c1-2-24-22(26-16-19-7-3-6-12-25-19)27-17-23(10-4-5-11-23)18-8-9-20-21(15-18)29-14-13-28-20;/h3,6-9,12,15H,2,4-5,10-11,13-14,16-17H2,1H3,(H2,24,26,27);1H. The van der Waals surface area contributed by atoms with Gasteiger partial charge < -0.3 is 20.1 Å². The predicted molar refractivity (Wildman–Crippen MR) is 130 cm³/mol. The summed E-state index contributed by atoms with van der Waals surface area (Å²) in [5.41, 5.74) is 2.39. The van der Waals surface area contributed by atoms with Crippen LogP contribution in [0.5, 0.6) is 11.5 Å². The van der Waals surface area contributed by atoms with E-state index in [1.54, 1.807) is 6.20 Å². The lowest BCUT2D eigenvalue weighted by molar-refractivity contribution is 0.171. The first-order chi connectivity index (χ1) is 14.3. The van der Waals surface area contributed by atoms with Crippen LogP contribution in [0.1, 0.15) is 43.9 Å². The van der Waals surface area contributed by atoms with Crippen molar-refractivity contribution in [1.82, 2.24) is 15.6 Å². The molecule has 2 aromatic rings. The van der Waals surface area contributed by atoms with Crippen LogP contribution < -0.4 is 20.1 Å². The molecule has 1 aromatic heterocycles. The Kier molecular flexibility index (Phi) is 8.18. The lowest BCUT2D eigenvalue weighted by atomic mass is 9.78. The Morgan fingerprint density at radius 1 is 1.07 bits per heavy atom. The quantitative estimate of drug-likeness (QED) is 0.341. The summed E-state index contributed by atoms with van der Waals surface area (Å²) in [4.78, 5) is 9.09. The maximum Gasteiger partial charge on any atom is 0.191 e. The largest absolute Gasteiger partial charge is 0.486 e. The first kappa shape index (κ1) is 22.7. The van der Waals surface area contributed by atoms with Gasteiger partial charge in [-0.25, -0.2) is 4.99 Å². The van der Waals surface area contributed by atoms with Crippen LogP contribution in [0.3, 0.4) is 0 Å². The van der Waals surface area contributed by atoms with Crippen molar-refractivity contribution in [3.8, 4) is 11.5 Å². The van der Waals surface area contributed by atoms with E-state index >= 15 is 0 Å². The van der Waals surface area contributed by atoms with E-state index in [0.717, 1.165) is 36.2 Å². The number of hydrogen-bond acceptors (Lipinski definition) is 4. The summed E-state index contributed by atoms with van der Waals surface area (Å²) in [6.07, 6.45) is 6.63. The molecule has 0 atom stereocenters. The summed E-state index contributed by atoms with van der Waals surface area (Å²) in [5, 5.41) is 6.95. The number of guanidine groups is 1. The first-order valence-electron chi connectivity index (χ1n) is 10.6. The lowest BCUT2D eigenvalue weighted by Crippen LogP contribution is -2.44. The average Bonchev–Trinajstić information content (AvgIpc) is 3.26. The number of hydrogen-bond donors (Lipinski definition) is 2. The number of ether oxygens (including phenoxy) is 2. The third-order valence-electron chi connectivity index (χ3n) is 5.78. The van der Waals surface area contributed by atoms with E-state index in [0.29, 0.717) is 19.8 Å². The van der Waals surface area contributed by atoms with Gasteiger partial charge in [0.05, 0.1) is 12.2 Å². The molecule has 1 aromatic carbocycles. The summed E-state index contributed by atoms with van der Waals surface area (Å²) in [6.45, 7) is 5.56. The fraction of sp³-hybridized carbons (Fsp3) is 0.478. The number of fused-ring (bicyclic) bond motifs is 1. The van der Waals surface area contributed by atoms with Gasteiger partial charge in [-0.2, -0.15) is 0 Å². The Hall–Kier alpha value is -2.03. The number of rotatable bonds is 6. The maximum atomic E-state index is 5.83. The number of benzene rings is 1. The minimum atomic E-state index is 0. The SMILES string of the molecule is CCNC(=NCc1ccccn1)NCC1(c2ccc3c(c2)OCCO3)CCCC1.I. The third kappa shape index (κ3) is 5.36. The van der Waals surface area contributed by atoms with Gasteiger partial charge in [0.25, 0.3) is 0 Å². The van der Waals surface area contributed by atoms with Gasteiger partial charge in [0.1, 0.15) is 13.2 Å². The van der Waals surface area contributed by atoms with Crippen LogP contribution in [0.2, 0.25) is 0 Å². The highest BCUT2D eigenvalue weighted by Crippen LogP contribution is 2.43. The highest BCUT2D eigenvalue weighted by molar-refractivity contribution is 14.0. The van der Waals surface area contributed by atoms with E-state index in [2.05, 4.69) is 40.7 Å². The van der Waals surface area contributed by atoms with Crippen LogP contribution in [0.4, 0.5) is 0 Å². The number of aromatic nitrogens is 1. The second-order valence-electron chi connectivity index (χ2n) is 7.72. The second kappa shape index (κ2) is 10.8. The maximum absolute atomic E-state index is 5.83. The molecule has 2 aliphatic rings. The molecule has 2 heterocycles. The smallest absolute Gasteiger partial charge is 0.191 e. The summed E-state index contributed by atoms with van der Waals surface area (Å²) in [6, 6.07) is 12.4. The second-order valence-corrected chi connectivity index (χ2v) is 7.72. The van der Waals surface area contributed by atoms with Crippen LogP contribution in [-0.4, -0.2) is 37.2 Å².